The Labute approximate surface area is 108 Å². The van der Waals surface area contributed by atoms with E-state index in [9.17, 15) is 5.21 Å². The van der Waals surface area contributed by atoms with E-state index < -0.39 is 0 Å². The SMILES string of the molecule is CCC1=[NH+][C@@H](c2ccccc2OC)N(O)C1(C)C. The molecule has 1 aromatic carbocycles. The van der Waals surface area contributed by atoms with Crippen LogP contribution in [0.15, 0.2) is 24.3 Å². The highest BCUT2D eigenvalue weighted by Gasteiger charge is 2.48. The Morgan fingerprint density at radius 1 is 1.39 bits per heavy atom. The number of benzene rings is 1. The zero-order chi connectivity index (χ0) is 13.3. The summed E-state index contributed by atoms with van der Waals surface area (Å²) in [5.41, 5.74) is 1.69. The van der Waals surface area contributed by atoms with Crippen LogP contribution in [-0.2, 0) is 0 Å². The fourth-order valence-corrected chi connectivity index (χ4v) is 2.50. The number of hydrogen-bond donors (Lipinski definition) is 2. The van der Waals surface area contributed by atoms with E-state index in [0.29, 0.717) is 0 Å². The Balaban J connectivity index is 2.44. The third-order valence-corrected chi connectivity index (χ3v) is 3.65. The molecule has 4 nitrogen and oxygen atoms in total. The Hall–Kier alpha value is -1.39. The number of para-hydroxylation sites is 1. The topological polar surface area (TPSA) is 46.7 Å². The summed E-state index contributed by atoms with van der Waals surface area (Å²) in [6, 6.07) is 7.75. The van der Waals surface area contributed by atoms with Crippen LogP contribution in [0.1, 0.15) is 38.9 Å². The van der Waals surface area contributed by atoms with Gasteiger partial charge in [-0.2, -0.15) is 0 Å². The van der Waals surface area contributed by atoms with E-state index in [1.54, 1.807) is 7.11 Å². The molecule has 4 heteroatoms. The molecule has 0 radical (unpaired) electrons. The van der Waals surface area contributed by atoms with Crippen LogP contribution in [0.3, 0.4) is 0 Å². The molecule has 1 aliphatic rings. The number of hydroxylamine groups is 2. The fraction of sp³-hybridized carbons (Fsp3) is 0.500. The Kier molecular flexibility index (Phi) is 3.41. The maximum absolute atomic E-state index is 10.4. The first-order valence-electron chi connectivity index (χ1n) is 6.26. The molecule has 0 unspecified atom stereocenters. The maximum atomic E-state index is 10.4. The zero-order valence-corrected chi connectivity index (χ0v) is 11.4. The van der Waals surface area contributed by atoms with Gasteiger partial charge in [-0.25, -0.2) is 4.99 Å². The van der Waals surface area contributed by atoms with Gasteiger partial charge in [0, 0.05) is 6.42 Å². The monoisotopic (exact) mass is 249 g/mol. The molecule has 2 N–H and O–H groups in total. The van der Waals surface area contributed by atoms with Crippen molar-refractivity contribution in [3.05, 3.63) is 29.8 Å². The van der Waals surface area contributed by atoms with Crippen LogP contribution in [0.2, 0.25) is 0 Å². The molecule has 0 saturated carbocycles. The van der Waals surface area contributed by atoms with Crippen LogP contribution < -0.4 is 9.73 Å². The summed E-state index contributed by atoms with van der Waals surface area (Å²) in [6.45, 7) is 6.10. The van der Waals surface area contributed by atoms with Gasteiger partial charge >= 0.3 is 0 Å². The lowest BCUT2D eigenvalue weighted by atomic mass is 9.97. The van der Waals surface area contributed by atoms with E-state index in [-0.39, 0.29) is 11.7 Å². The Morgan fingerprint density at radius 3 is 2.61 bits per heavy atom. The van der Waals surface area contributed by atoms with E-state index in [4.69, 9.17) is 4.74 Å². The molecule has 98 valence electrons. The van der Waals surface area contributed by atoms with Crippen LogP contribution in [-0.4, -0.2) is 28.6 Å². The number of ether oxygens (including phenoxy) is 1. The summed E-state index contributed by atoms with van der Waals surface area (Å²) in [5.74, 6) is 0.780. The van der Waals surface area contributed by atoms with Gasteiger partial charge in [-0.1, -0.05) is 19.1 Å². The highest BCUT2D eigenvalue weighted by Crippen LogP contribution is 2.31. The lowest BCUT2D eigenvalue weighted by molar-refractivity contribution is -0.549. The average Bonchev–Trinajstić information content (AvgIpc) is 2.61. The molecular formula is C14H21N2O2+. The highest BCUT2D eigenvalue weighted by atomic mass is 16.5. The summed E-state index contributed by atoms with van der Waals surface area (Å²) in [4.78, 5) is 3.38. The van der Waals surface area contributed by atoms with Crippen molar-refractivity contribution in [1.82, 2.24) is 5.06 Å². The number of nitrogens with one attached hydrogen (secondary N) is 1. The predicted octanol–water partition coefficient (Wildman–Crippen LogP) is 1.11. The van der Waals surface area contributed by atoms with Gasteiger partial charge in [-0.3, -0.25) is 0 Å². The van der Waals surface area contributed by atoms with Gasteiger partial charge in [0.05, 0.1) is 12.7 Å². The lowest BCUT2D eigenvalue weighted by Gasteiger charge is -2.25. The second kappa shape index (κ2) is 4.71. The summed E-state index contributed by atoms with van der Waals surface area (Å²) in [7, 11) is 1.64. The highest BCUT2D eigenvalue weighted by molar-refractivity contribution is 5.88. The van der Waals surface area contributed by atoms with Crippen LogP contribution >= 0.6 is 0 Å². The van der Waals surface area contributed by atoms with Crippen molar-refractivity contribution in [2.24, 2.45) is 0 Å². The molecule has 1 aliphatic heterocycles. The molecule has 0 aliphatic carbocycles. The van der Waals surface area contributed by atoms with Crippen molar-refractivity contribution in [2.75, 3.05) is 7.11 Å². The van der Waals surface area contributed by atoms with Crippen molar-refractivity contribution in [1.29, 1.82) is 0 Å². The van der Waals surface area contributed by atoms with E-state index in [2.05, 4.69) is 11.9 Å². The van der Waals surface area contributed by atoms with Gasteiger partial charge < -0.3 is 9.94 Å². The standard InChI is InChI=1S/C14H20N2O2/c1-5-12-14(2,3)16(17)13(15-12)10-8-6-7-9-11(10)18-4/h6-9,13,17H,5H2,1-4H3/p+1/t13-/m1/s1. The summed E-state index contributed by atoms with van der Waals surface area (Å²) < 4.78 is 5.36. The molecule has 0 fully saturated rings. The first kappa shape index (κ1) is 13.1. The molecule has 0 amide bonds. The van der Waals surface area contributed by atoms with E-state index in [0.717, 1.165) is 23.4 Å². The molecule has 1 aromatic rings. The quantitative estimate of drug-likeness (QED) is 0.843. The molecule has 0 bridgehead atoms. The summed E-state index contributed by atoms with van der Waals surface area (Å²) in [5, 5.41) is 11.8. The average molecular weight is 249 g/mol. The number of hydrogen-bond acceptors (Lipinski definition) is 3. The van der Waals surface area contributed by atoms with Crippen molar-refractivity contribution >= 4 is 5.71 Å². The minimum atomic E-state index is -0.375. The van der Waals surface area contributed by atoms with Crippen molar-refractivity contribution < 1.29 is 14.9 Å². The van der Waals surface area contributed by atoms with Gasteiger partial charge in [0.2, 0.25) is 0 Å². The van der Waals surface area contributed by atoms with Gasteiger partial charge in [-0.05, 0) is 26.0 Å². The first-order chi connectivity index (χ1) is 8.52. The van der Waals surface area contributed by atoms with Crippen LogP contribution in [0.5, 0.6) is 5.75 Å². The summed E-state index contributed by atoms with van der Waals surface area (Å²) in [6.07, 6.45) is 0.626. The molecule has 18 heavy (non-hydrogen) atoms. The van der Waals surface area contributed by atoms with Crippen molar-refractivity contribution in [3.63, 3.8) is 0 Å². The van der Waals surface area contributed by atoms with Crippen LogP contribution in [0.25, 0.3) is 0 Å². The van der Waals surface area contributed by atoms with Gasteiger partial charge in [0.1, 0.15) is 11.3 Å². The molecule has 0 spiro atoms. The molecule has 0 aromatic heterocycles. The van der Waals surface area contributed by atoms with Gasteiger partial charge in [0.15, 0.2) is 5.71 Å². The zero-order valence-electron chi connectivity index (χ0n) is 11.4. The minimum Gasteiger partial charge on any atom is -0.496 e. The maximum Gasteiger partial charge on any atom is 0.259 e. The normalized spacial score (nSPS) is 22.9. The number of methoxy groups -OCH3 is 1. The number of rotatable bonds is 3. The molecule has 2 rings (SSSR count). The van der Waals surface area contributed by atoms with Crippen molar-refractivity contribution in [2.45, 2.75) is 38.9 Å². The van der Waals surface area contributed by atoms with E-state index in [1.807, 2.05) is 38.1 Å². The third kappa shape index (κ3) is 1.91. The Bertz CT molecular complexity index is 469. The first-order valence-corrected chi connectivity index (χ1v) is 6.26. The van der Waals surface area contributed by atoms with Crippen molar-refractivity contribution in [3.8, 4) is 5.75 Å². The second-order valence-corrected chi connectivity index (χ2v) is 5.02. The Morgan fingerprint density at radius 2 is 2.06 bits per heavy atom. The predicted molar refractivity (Wildman–Crippen MR) is 69.7 cm³/mol. The largest absolute Gasteiger partial charge is 0.496 e. The second-order valence-electron chi connectivity index (χ2n) is 5.02. The molecule has 0 saturated heterocycles. The summed E-state index contributed by atoms with van der Waals surface area (Å²) >= 11 is 0. The van der Waals surface area contributed by atoms with E-state index in [1.165, 1.54) is 5.06 Å². The molecular weight excluding hydrogens is 228 g/mol. The molecule has 1 atom stereocenters. The third-order valence-electron chi connectivity index (χ3n) is 3.65. The van der Waals surface area contributed by atoms with E-state index >= 15 is 0 Å². The van der Waals surface area contributed by atoms with Gasteiger partial charge in [-0.15, -0.1) is 5.06 Å². The minimum absolute atomic E-state index is 0.258. The molecule has 1 heterocycles. The van der Waals surface area contributed by atoms with Crippen LogP contribution in [0.4, 0.5) is 0 Å². The fourth-order valence-electron chi connectivity index (χ4n) is 2.50. The smallest absolute Gasteiger partial charge is 0.259 e. The van der Waals surface area contributed by atoms with Crippen LogP contribution in [0, 0.1) is 0 Å². The van der Waals surface area contributed by atoms with Gasteiger partial charge in [0.25, 0.3) is 6.17 Å². The lowest BCUT2D eigenvalue weighted by Crippen LogP contribution is -2.72. The number of nitrogens with zero attached hydrogens (tertiary/aromatic N) is 1.